The maximum atomic E-state index is 10.4. The number of hydrogen-bond acceptors (Lipinski definition) is 2. The number of aliphatic hydroxyl groups excluding tert-OH is 1. The van der Waals surface area contributed by atoms with Crippen LogP contribution in [0.3, 0.4) is 0 Å². The summed E-state index contributed by atoms with van der Waals surface area (Å²) < 4.78 is -0.339. The molecule has 0 aromatic heterocycles. The van der Waals surface area contributed by atoms with Gasteiger partial charge in [-0.15, -0.1) is 0 Å². The van der Waals surface area contributed by atoms with Gasteiger partial charge in [0.2, 0.25) is 5.91 Å². The van der Waals surface area contributed by atoms with Crippen molar-refractivity contribution in [3.8, 4) is 0 Å². The van der Waals surface area contributed by atoms with Crippen LogP contribution in [0.2, 0.25) is 0 Å². The molecular weight excluding hydrogens is 348 g/mol. The molecule has 0 fully saturated rings. The van der Waals surface area contributed by atoms with Crippen molar-refractivity contribution < 1.29 is 9.90 Å². The number of aliphatic hydroxyl groups is 1. The van der Waals surface area contributed by atoms with E-state index in [1.165, 1.54) is 0 Å². The van der Waals surface area contributed by atoms with Crippen molar-refractivity contribution in [2.75, 3.05) is 6.61 Å². The number of rotatable bonds is 3. The number of halogens is 2. The molecule has 0 saturated carbocycles. The van der Waals surface area contributed by atoms with Gasteiger partial charge in [0.15, 0.2) is 0 Å². The molecule has 0 rings (SSSR count). The third kappa shape index (κ3) is 3.56. The number of carbonyl (C=O) groups excluding carboxylic acids is 1. The van der Waals surface area contributed by atoms with E-state index < -0.39 is 0 Å². The summed E-state index contributed by atoms with van der Waals surface area (Å²) >= 11 is 3.90. The molecule has 0 aromatic rings. The SMILES string of the molecule is NC(=O)C(I)C(I)CO. The zero-order valence-electron chi connectivity index (χ0n) is 4.55. The standard InChI is InChI=1S/C4H7I2NO2/c5-2(1-8)3(6)4(7)9/h2-3,8H,1H2,(H2,7,9). The minimum atomic E-state index is -0.371. The second-order valence-corrected chi connectivity index (χ2v) is 4.44. The summed E-state index contributed by atoms with van der Waals surface area (Å²) in [5.41, 5.74) is 4.95. The highest BCUT2D eigenvalue weighted by atomic mass is 127. The van der Waals surface area contributed by atoms with Gasteiger partial charge in [-0.1, -0.05) is 45.2 Å². The largest absolute Gasteiger partial charge is 0.395 e. The fourth-order valence-electron chi connectivity index (χ4n) is 0.271. The van der Waals surface area contributed by atoms with E-state index in [-0.39, 0.29) is 20.4 Å². The van der Waals surface area contributed by atoms with Crippen molar-refractivity contribution in [2.45, 2.75) is 7.85 Å². The second-order valence-electron chi connectivity index (χ2n) is 1.50. The van der Waals surface area contributed by atoms with Crippen molar-refractivity contribution >= 4 is 51.1 Å². The molecule has 5 heteroatoms. The predicted molar refractivity (Wildman–Crippen MR) is 51.9 cm³/mol. The molecule has 54 valence electrons. The molecule has 0 radical (unpaired) electrons. The summed E-state index contributed by atoms with van der Waals surface area (Å²) in [5.74, 6) is -0.371. The molecule has 0 bridgehead atoms. The van der Waals surface area contributed by atoms with Crippen LogP contribution in [0.15, 0.2) is 0 Å². The lowest BCUT2D eigenvalue weighted by atomic mass is 10.3. The summed E-state index contributed by atoms with van der Waals surface area (Å²) in [5, 5.41) is 8.53. The first-order chi connectivity index (χ1) is 4.09. The summed E-state index contributed by atoms with van der Waals surface area (Å²) in [6.07, 6.45) is 0. The molecule has 3 N–H and O–H groups in total. The van der Waals surface area contributed by atoms with Gasteiger partial charge in [0.25, 0.3) is 0 Å². The van der Waals surface area contributed by atoms with Crippen molar-refractivity contribution in [3.05, 3.63) is 0 Å². The van der Waals surface area contributed by atoms with Crippen molar-refractivity contribution in [2.24, 2.45) is 5.73 Å². The molecule has 3 nitrogen and oxygen atoms in total. The van der Waals surface area contributed by atoms with E-state index in [1.807, 2.05) is 45.2 Å². The number of primary amides is 1. The average molecular weight is 355 g/mol. The molecule has 0 aliphatic heterocycles. The molecule has 0 aromatic carbocycles. The van der Waals surface area contributed by atoms with Crippen LogP contribution in [0.5, 0.6) is 0 Å². The average Bonchev–Trinajstić information content (AvgIpc) is 1.84. The van der Waals surface area contributed by atoms with E-state index in [0.29, 0.717) is 0 Å². The first-order valence-corrected chi connectivity index (χ1v) is 4.77. The number of carbonyl (C=O) groups is 1. The van der Waals surface area contributed by atoms with Crippen LogP contribution in [-0.4, -0.2) is 25.5 Å². The van der Waals surface area contributed by atoms with Crippen molar-refractivity contribution in [1.29, 1.82) is 0 Å². The van der Waals surface area contributed by atoms with Crippen molar-refractivity contribution in [1.82, 2.24) is 0 Å². The van der Waals surface area contributed by atoms with E-state index in [0.717, 1.165) is 0 Å². The van der Waals surface area contributed by atoms with E-state index in [4.69, 9.17) is 10.8 Å². The molecule has 9 heavy (non-hydrogen) atoms. The minimum absolute atomic E-state index is 0.00287. The lowest BCUT2D eigenvalue weighted by molar-refractivity contribution is -0.117. The van der Waals surface area contributed by atoms with Crippen LogP contribution < -0.4 is 5.73 Å². The normalized spacial score (nSPS) is 16.8. The maximum Gasteiger partial charge on any atom is 0.231 e. The first kappa shape index (κ1) is 9.89. The number of hydrogen-bond donors (Lipinski definition) is 2. The lowest BCUT2D eigenvalue weighted by Crippen LogP contribution is -2.32. The highest BCUT2D eigenvalue weighted by molar-refractivity contribution is 14.1. The Morgan fingerprint density at radius 1 is 1.67 bits per heavy atom. The Bertz CT molecular complexity index is 109. The summed E-state index contributed by atoms with van der Waals surface area (Å²) in [6, 6.07) is 0. The van der Waals surface area contributed by atoms with Crippen LogP contribution in [0.1, 0.15) is 0 Å². The number of nitrogens with two attached hydrogens (primary N) is 1. The zero-order valence-corrected chi connectivity index (χ0v) is 8.87. The summed E-state index contributed by atoms with van der Waals surface area (Å²) in [4.78, 5) is 10.4. The van der Waals surface area contributed by atoms with Crippen LogP contribution in [0.25, 0.3) is 0 Å². The Balaban J connectivity index is 3.72. The van der Waals surface area contributed by atoms with Crippen LogP contribution >= 0.6 is 45.2 Å². The smallest absolute Gasteiger partial charge is 0.231 e. The predicted octanol–water partition coefficient (Wildman–Crippen LogP) is 0.0712. The van der Waals surface area contributed by atoms with Crippen molar-refractivity contribution in [3.63, 3.8) is 0 Å². The van der Waals surface area contributed by atoms with Gasteiger partial charge in [-0.25, -0.2) is 0 Å². The van der Waals surface area contributed by atoms with E-state index in [2.05, 4.69) is 0 Å². The number of alkyl halides is 2. The molecule has 0 aliphatic rings. The maximum absolute atomic E-state index is 10.4. The van der Waals surface area contributed by atoms with Gasteiger partial charge in [-0.3, -0.25) is 4.79 Å². The Hall–Kier alpha value is 0.890. The third-order valence-corrected chi connectivity index (χ3v) is 4.73. The van der Waals surface area contributed by atoms with E-state index in [1.54, 1.807) is 0 Å². The molecule has 1 amide bonds. The van der Waals surface area contributed by atoms with Crippen LogP contribution in [0, 0.1) is 0 Å². The highest BCUT2D eigenvalue weighted by Gasteiger charge is 2.19. The van der Waals surface area contributed by atoms with Gasteiger partial charge in [0.1, 0.15) is 3.92 Å². The third-order valence-electron chi connectivity index (χ3n) is 0.764. The Kier molecular flexibility index (Phi) is 5.13. The monoisotopic (exact) mass is 355 g/mol. The lowest BCUT2D eigenvalue weighted by Gasteiger charge is -2.08. The van der Waals surface area contributed by atoms with Crippen LogP contribution in [-0.2, 0) is 4.79 Å². The second kappa shape index (κ2) is 4.67. The van der Waals surface area contributed by atoms with Crippen LogP contribution in [0.4, 0.5) is 0 Å². The van der Waals surface area contributed by atoms with Gasteiger partial charge in [0.05, 0.1) is 10.5 Å². The topological polar surface area (TPSA) is 63.3 Å². The minimum Gasteiger partial charge on any atom is -0.395 e. The summed E-state index contributed by atoms with van der Waals surface area (Å²) in [7, 11) is 0. The summed E-state index contributed by atoms with van der Waals surface area (Å²) in [6.45, 7) is -0.00287. The van der Waals surface area contributed by atoms with Gasteiger partial charge < -0.3 is 10.8 Å². The molecule has 0 spiro atoms. The molecule has 0 saturated heterocycles. The van der Waals surface area contributed by atoms with Gasteiger partial charge in [-0.2, -0.15) is 0 Å². The van der Waals surface area contributed by atoms with Gasteiger partial charge in [-0.05, 0) is 0 Å². The Labute approximate surface area is 80.7 Å². The Morgan fingerprint density at radius 2 is 2.11 bits per heavy atom. The molecule has 0 aliphatic carbocycles. The fraction of sp³-hybridized carbons (Fsp3) is 0.750. The van der Waals surface area contributed by atoms with Gasteiger partial charge >= 0.3 is 0 Å². The Morgan fingerprint density at radius 3 is 2.22 bits per heavy atom. The van der Waals surface area contributed by atoms with E-state index >= 15 is 0 Å². The quantitative estimate of drug-likeness (QED) is 0.556. The van der Waals surface area contributed by atoms with Gasteiger partial charge in [0, 0.05) is 0 Å². The molecule has 2 unspecified atom stereocenters. The molecule has 2 atom stereocenters. The highest BCUT2D eigenvalue weighted by Crippen LogP contribution is 2.13. The zero-order chi connectivity index (χ0) is 7.44. The molecular formula is C4H7I2NO2. The number of amides is 1. The fourth-order valence-corrected chi connectivity index (χ4v) is 0.853. The first-order valence-electron chi connectivity index (χ1n) is 2.28. The van der Waals surface area contributed by atoms with E-state index in [9.17, 15) is 4.79 Å². The molecule has 0 heterocycles.